The molecule has 164 valence electrons. The molecule has 0 aliphatic heterocycles. The molecule has 0 saturated heterocycles. The third kappa shape index (κ3) is 5.64. The fraction of sp³-hybridized carbons (Fsp3) is 0.238. The molecular formula is C21H21Cl2N3O3S2. The van der Waals surface area contributed by atoms with Gasteiger partial charge in [0.15, 0.2) is 5.13 Å². The minimum absolute atomic E-state index is 0.150. The summed E-state index contributed by atoms with van der Waals surface area (Å²) in [5.74, 6) is -0.383. The van der Waals surface area contributed by atoms with Crippen molar-refractivity contribution >= 4 is 55.6 Å². The minimum Gasteiger partial charge on any atom is -0.298 e. The van der Waals surface area contributed by atoms with Crippen molar-refractivity contribution in [1.82, 2.24) is 9.29 Å². The third-order valence-electron chi connectivity index (χ3n) is 4.58. The number of amides is 1. The molecule has 0 fully saturated rings. The molecular weight excluding hydrogens is 477 g/mol. The second kappa shape index (κ2) is 10.1. The molecule has 0 radical (unpaired) electrons. The standard InChI is InChI=1S/C21H21Cl2N3O3S2/c1-3-4-11-26(2)31(28,29)16-8-5-14(6-9-16)20(27)25-21-24-19(13-30-21)17-10-7-15(22)12-18(17)23/h5-10,12-13H,3-4,11H2,1-2H3,(H,24,25,27). The molecule has 0 aliphatic rings. The average molecular weight is 498 g/mol. The molecule has 6 nitrogen and oxygen atoms in total. The maximum atomic E-state index is 12.6. The van der Waals surface area contributed by atoms with Gasteiger partial charge in [0.1, 0.15) is 0 Å². The van der Waals surface area contributed by atoms with Gasteiger partial charge >= 0.3 is 0 Å². The predicted molar refractivity (Wildman–Crippen MR) is 127 cm³/mol. The Balaban J connectivity index is 1.71. The summed E-state index contributed by atoms with van der Waals surface area (Å²) in [6.45, 7) is 2.45. The zero-order valence-corrected chi connectivity index (χ0v) is 20.1. The number of carbonyl (C=O) groups excluding carboxylic acids is 1. The van der Waals surface area contributed by atoms with Gasteiger partial charge in [-0.2, -0.15) is 0 Å². The normalized spacial score (nSPS) is 11.6. The van der Waals surface area contributed by atoms with E-state index in [2.05, 4.69) is 10.3 Å². The number of hydrogen-bond acceptors (Lipinski definition) is 5. The highest BCUT2D eigenvalue weighted by molar-refractivity contribution is 7.89. The summed E-state index contributed by atoms with van der Waals surface area (Å²) in [5.41, 5.74) is 1.67. The SMILES string of the molecule is CCCCN(C)S(=O)(=O)c1ccc(C(=O)Nc2nc(-c3ccc(Cl)cc3Cl)cs2)cc1. The Morgan fingerprint density at radius 3 is 2.52 bits per heavy atom. The van der Waals surface area contributed by atoms with Crippen LogP contribution in [0.5, 0.6) is 0 Å². The lowest BCUT2D eigenvalue weighted by atomic mass is 10.2. The lowest BCUT2D eigenvalue weighted by molar-refractivity contribution is 0.102. The predicted octanol–water partition coefficient (Wildman–Crippen LogP) is 5.79. The Bertz CT molecular complexity index is 1180. The largest absolute Gasteiger partial charge is 0.298 e. The highest BCUT2D eigenvalue weighted by Crippen LogP contribution is 2.32. The highest BCUT2D eigenvalue weighted by atomic mass is 35.5. The van der Waals surface area contributed by atoms with Gasteiger partial charge in [0.25, 0.3) is 5.91 Å². The lowest BCUT2D eigenvalue weighted by Crippen LogP contribution is -2.28. The number of unbranched alkanes of at least 4 members (excludes halogenated alkanes) is 1. The van der Waals surface area contributed by atoms with Crippen molar-refractivity contribution in [3.05, 3.63) is 63.5 Å². The van der Waals surface area contributed by atoms with Gasteiger partial charge in [0, 0.05) is 35.1 Å². The van der Waals surface area contributed by atoms with Crippen LogP contribution in [0.15, 0.2) is 52.7 Å². The molecule has 0 aliphatic carbocycles. The van der Waals surface area contributed by atoms with E-state index in [9.17, 15) is 13.2 Å². The van der Waals surface area contributed by atoms with E-state index in [0.717, 1.165) is 12.8 Å². The summed E-state index contributed by atoms with van der Waals surface area (Å²) in [4.78, 5) is 17.1. The first-order valence-corrected chi connectivity index (χ1v) is 12.6. The molecule has 1 aromatic heterocycles. The van der Waals surface area contributed by atoms with Crippen LogP contribution in [-0.4, -0.2) is 37.2 Å². The highest BCUT2D eigenvalue weighted by Gasteiger charge is 2.20. The molecule has 10 heteroatoms. The van der Waals surface area contributed by atoms with Gasteiger partial charge in [0.05, 0.1) is 15.6 Å². The van der Waals surface area contributed by atoms with E-state index < -0.39 is 10.0 Å². The van der Waals surface area contributed by atoms with Crippen LogP contribution < -0.4 is 5.32 Å². The molecule has 0 spiro atoms. The summed E-state index contributed by atoms with van der Waals surface area (Å²) in [7, 11) is -2.02. The first-order valence-electron chi connectivity index (χ1n) is 9.51. The number of hydrogen-bond donors (Lipinski definition) is 1. The van der Waals surface area contributed by atoms with E-state index in [-0.39, 0.29) is 10.8 Å². The van der Waals surface area contributed by atoms with Crippen molar-refractivity contribution in [3.8, 4) is 11.3 Å². The molecule has 1 heterocycles. The number of thiazole rings is 1. The lowest BCUT2D eigenvalue weighted by Gasteiger charge is -2.16. The topological polar surface area (TPSA) is 79.4 Å². The summed E-state index contributed by atoms with van der Waals surface area (Å²) in [6.07, 6.45) is 1.69. The van der Waals surface area contributed by atoms with Gasteiger partial charge in [-0.25, -0.2) is 17.7 Å². The van der Waals surface area contributed by atoms with Gasteiger partial charge in [0.2, 0.25) is 10.0 Å². The number of benzene rings is 2. The van der Waals surface area contributed by atoms with E-state index in [1.54, 1.807) is 30.6 Å². The number of carbonyl (C=O) groups is 1. The minimum atomic E-state index is -3.58. The Labute approximate surface area is 195 Å². The molecule has 3 aromatic rings. The monoisotopic (exact) mass is 497 g/mol. The Morgan fingerprint density at radius 1 is 1.16 bits per heavy atom. The first-order chi connectivity index (χ1) is 14.7. The Hall–Kier alpha value is -1.97. The fourth-order valence-electron chi connectivity index (χ4n) is 2.78. The van der Waals surface area contributed by atoms with Gasteiger partial charge in [-0.15, -0.1) is 11.3 Å². The number of anilines is 1. The van der Waals surface area contributed by atoms with Crippen molar-refractivity contribution in [2.24, 2.45) is 0 Å². The molecule has 2 aromatic carbocycles. The smallest absolute Gasteiger partial charge is 0.257 e. The number of aromatic nitrogens is 1. The number of nitrogens with one attached hydrogen (secondary N) is 1. The van der Waals surface area contributed by atoms with E-state index in [1.165, 1.54) is 39.9 Å². The number of halogens is 2. The van der Waals surface area contributed by atoms with Gasteiger partial charge in [-0.3, -0.25) is 10.1 Å². The van der Waals surface area contributed by atoms with Crippen molar-refractivity contribution < 1.29 is 13.2 Å². The van der Waals surface area contributed by atoms with E-state index in [1.807, 2.05) is 6.92 Å². The number of rotatable bonds is 8. The van der Waals surface area contributed by atoms with Crippen LogP contribution in [0.4, 0.5) is 5.13 Å². The van der Waals surface area contributed by atoms with Crippen LogP contribution in [0.1, 0.15) is 30.1 Å². The zero-order valence-electron chi connectivity index (χ0n) is 16.9. The van der Waals surface area contributed by atoms with Gasteiger partial charge in [-0.05, 0) is 48.9 Å². The average Bonchev–Trinajstić information content (AvgIpc) is 3.20. The molecule has 3 rings (SSSR count). The van der Waals surface area contributed by atoms with E-state index in [4.69, 9.17) is 23.2 Å². The Kier molecular flexibility index (Phi) is 7.72. The zero-order chi connectivity index (χ0) is 22.6. The first kappa shape index (κ1) is 23.7. The van der Waals surface area contributed by atoms with Crippen molar-refractivity contribution in [2.45, 2.75) is 24.7 Å². The molecule has 0 saturated carbocycles. The van der Waals surface area contributed by atoms with Crippen LogP contribution >= 0.6 is 34.5 Å². The summed E-state index contributed by atoms with van der Waals surface area (Å²) in [5, 5.41) is 5.91. The summed E-state index contributed by atoms with van der Waals surface area (Å²) in [6, 6.07) is 11.0. The van der Waals surface area contributed by atoms with E-state index in [0.29, 0.717) is 38.5 Å². The van der Waals surface area contributed by atoms with Crippen LogP contribution in [-0.2, 0) is 10.0 Å². The van der Waals surface area contributed by atoms with Crippen molar-refractivity contribution in [2.75, 3.05) is 18.9 Å². The molecule has 0 bridgehead atoms. The summed E-state index contributed by atoms with van der Waals surface area (Å²) >= 11 is 13.4. The molecule has 0 atom stereocenters. The van der Waals surface area contributed by atoms with Crippen molar-refractivity contribution in [1.29, 1.82) is 0 Å². The maximum absolute atomic E-state index is 12.6. The summed E-state index contributed by atoms with van der Waals surface area (Å²) < 4.78 is 26.5. The number of nitrogens with zero attached hydrogens (tertiary/aromatic N) is 2. The second-order valence-corrected chi connectivity index (χ2v) is 10.6. The molecule has 1 N–H and O–H groups in total. The van der Waals surface area contributed by atoms with Gasteiger partial charge < -0.3 is 0 Å². The van der Waals surface area contributed by atoms with Gasteiger partial charge in [-0.1, -0.05) is 36.5 Å². The van der Waals surface area contributed by atoms with Crippen LogP contribution in [0, 0.1) is 0 Å². The molecule has 1 amide bonds. The van der Waals surface area contributed by atoms with E-state index >= 15 is 0 Å². The molecule has 31 heavy (non-hydrogen) atoms. The van der Waals surface area contributed by atoms with Crippen LogP contribution in [0.2, 0.25) is 10.0 Å². The fourth-order valence-corrected chi connectivity index (χ4v) is 5.20. The Morgan fingerprint density at radius 2 is 1.87 bits per heavy atom. The quantitative estimate of drug-likeness (QED) is 0.427. The van der Waals surface area contributed by atoms with Crippen molar-refractivity contribution in [3.63, 3.8) is 0 Å². The maximum Gasteiger partial charge on any atom is 0.257 e. The van der Waals surface area contributed by atoms with Crippen LogP contribution in [0.25, 0.3) is 11.3 Å². The second-order valence-electron chi connectivity index (χ2n) is 6.82. The number of sulfonamides is 1. The molecule has 0 unspecified atom stereocenters. The third-order valence-corrected chi connectivity index (χ3v) is 7.76. The van der Waals surface area contributed by atoms with Crippen LogP contribution in [0.3, 0.4) is 0 Å².